The van der Waals surface area contributed by atoms with E-state index < -0.39 is 0 Å². The summed E-state index contributed by atoms with van der Waals surface area (Å²) in [5, 5.41) is 5.12. The second kappa shape index (κ2) is 11.6. The number of hydrogen-bond donors (Lipinski definition) is 0. The SMILES string of the molecule is CC1(C)c2cc(-c3ccccc3)ccc2-c2ccc(N(c3ccc(-c4cccc5c4sc4ccccc45)cc3)c3cccc4ccccc34)cc21. The lowest BCUT2D eigenvalue weighted by molar-refractivity contribution is 0.660. The normalized spacial score (nSPS) is 13.1. The van der Waals surface area contributed by atoms with Gasteiger partial charge in [-0.25, -0.2) is 0 Å². The van der Waals surface area contributed by atoms with Crippen LogP contribution in [0.2, 0.25) is 0 Å². The van der Waals surface area contributed by atoms with Crippen molar-refractivity contribution in [2.24, 2.45) is 0 Å². The molecule has 0 unspecified atom stereocenters. The molecule has 0 atom stereocenters. The Hall–Kier alpha value is -5.96. The highest BCUT2D eigenvalue weighted by atomic mass is 32.1. The molecule has 1 heterocycles. The summed E-state index contributed by atoms with van der Waals surface area (Å²) in [5.41, 5.74) is 13.7. The number of anilines is 3. The first kappa shape index (κ1) is 29.9. The third-order valence-electron chi connectivity index (χ3n) is 10.9. The number of thiophene rings is 1. The third kappa shape index (κ3) is 4.75. The maximum absolute atomic E-state index is 2.45. The van der Waals surface area contributed by atoms with E-state index in [1.807, 2.05) is 11.3 Å². The Bertz CT molecular complexity index is 2770. The molecule has 10 rings (SSSR count). The van der Waals surface area contributed by atoms with Gasteiger partial charge < -0.3 is 4.90 Å². The zero-order valence-corrected chi connectivity index (χ0v) is 29.4. The fourth-order valence-electron chi connectivity index (χ4n) is 8.27. The minimum atomic E-state index is -0.150. The van der Waals surface area contributed by atoms with E-state index in [1.165, 1.54) is 81.1 Å². The van der Waals surface area contributed by atoms with Gasteiger partial charge in [0.2, 0.25) is 0 Å². The summed E-state index contributed by atoms with van der Waals surface area (Å²) in [6.07, 6.45) is 0. The molecule has 0 bridgehead atoms. The lowest BCUT2D eigenvalue weighted by Crippen LogP contribution is -2.16. The van der Waals surface area contributed by atoms with Crippen LogP contribution in [0.4, 0.5) is 17.1 Å². The van der Waals surface area contributed by atoms with Crippen LogP contribution in [0.1, 0.15) is 25.0 Å². The van der Waals surface area contributed by atoms with Crippen molar-refractivity contribution in [2.75, 3.05) is 4.90 Å². The fraction of sp³-hybridized carbons (Fsp3) is 0.0612. The van der Waals surface area contributed by atoms with Gasteiger partial charge >= 0.3 is 0 Å². The van der Waals surface area contributed by atoms with Crippen molar-refractivity contribution in [2.45, 2.75) is 19.3 Å². The number of nitrogens with zero attached hydrogens (tertiary/aromatic N) is 1. The van der Waals surface area contributed by atoms with E-state index in [0.717, 1.165) is 11.4 Å². The van der Waals surface area contributed by atoms with Gasteiger partial charge in [0.05, 0.1) is 5.69 Å². The van der Waals surface area contributed by atoms with E-state index in [0.29, 0.717) is 0 Å². The molecule has 2 heteroatoms. The summed E-state index contributed by atoms with van der Waals surface area (Å²) < 4.78 is 2.67. The van der Waals surface area contributed by atoms with E-state index in [1.54, 1.807) is 0 Å². The number of fused-ring (bicyclic) bond motifs is 7. The van der Waals surface area contributed by atoms with Crippen molar-refractivity contribution >= 4 is 59.3 Å². The quantitative estimate of drug-likeness (QED) is 0.176. The first-order chi connectivity index (χ1) is 25.0. The molecule has 8 aromatic carbocycles. The van der Waals surface area contributed by atoms with Crippen molar-refractivity contribution < 1.29 is 0 Å². The van der Waals surface area contributed by atoms with Crippen LogP contribution in [0.25, 0.3) is 64.3 Å². The van der Waals surface area contributed by atoms with Gasteiger partial charge in [-0.3, -0.25) is 0 Å². The molecule has 1 nitrogen and oxygen atoms in total. The molecule has 0 amide bonds. The molecule has 0 N–H and O–H groups in total. The van der Waals surface area contributed by atoms with Crippen LogP contribution in [0.15, 0.2) is 176 Å². The predicted octanol–water partition coefficient (Wildman–Crippen LogP) is 14.3. The molecule has 242 valence electrons. The zero-order chi connectivity index (χ0) is 34.1. The Morgan fingerprint density at radius 3 is 1.90 bits per heavy atom. The van der Waals surface area contributed by atoms with Crippen molar-refractivity contribution in [3.8, 4) is 33.4 Å². The number of rotatable bonds is 5. The van der Waals surface area contributed by atoms with Gasteiger partial charge in [0.15, 0.2) is 0 Å². The minimum absolute atomic E-state index is 0.150. The van der Waals surface area contributed by atoms with E-state index in [2.05, 4.69) is 195 Å². The van der Waals surface area contributed by atoms with Gasteiger partial charge in [0, 0.05) is 42.3 Å². The van der Waals surface area contributed by atoms with Crippen molar-refractivity contribution in [3.63, 3.8) is 0 Å². The largest absolute Gasteiger partial charge is 0.310 e. The molecule has 0 radical (unpaired) electrons. The highest BCUT2D eigenvalue weighted by Crippen LogP contribution is 2.52. The minimum Gasteiger partial charge on any atom is -0.310 e. The Kier molecular flexibility index (Phi) is 6.78. The first-order valence-corrected chi connectivity index (χ1v) is 18.5. The molecular weight excluding hydrogens is 635 g/mol. The van der Waals surface area contributed by atoms with Gasteiger partial charge in [0.25, 0.3) is 0 Å². The molecule has 0 fully saturated rings. The van der Waals surface area contributed by atoms with Crippen LogP contribution in [0.3, 0.4) is 0 Å². The monoisotopic (exact) mass is 669 g/mol. The maximum Gasteiger partial charge on any atom is 0.0540 e. The summed E-state index contributed by atoms with van der Waals surface area (Å²) >= 11 is 1.88. The van der Waals surface area contributed by atoms with Crippen molar-refractivity contribution in [3.05, 3.63) is 187 Å². The number of hydrogen-bond acceptors (Lipinski definition) is 2. The predicted molar refractivity (Wildman–Crippen MR) is 220 cm³/mol. The van der Waals surface area contributed by atoms with Gasteiger partial charge in [-0.15, -0.1) is 11.3 Å². The molecule has 0 spiro atoms. The average molecular weight is 670 g/mol. The van der Waals surface area contributed by atoms with Gasteiger partial charge in [-0.2, -0.15) is 0 Å². The van der Waals surface area contributed by atoms with Crippen molar-refractivity contribution in [1.29, 1.82) is 0 Å². The Labute approximate surface area is 302 Å². The van der Waals surface area contributed by atoms with E-state index in [9.17, 15) is 0 Å². The summed E-state index contributed by atoms with van der Waals surface area (Å²) in [5.74, 6) is 0. The second-order valence-corrected chi connectivity index (χ2v) is 15.2. The number of benzene rings is 8. The highest BCUT2D eigenvalue weighted by Gasteiger charge is 2.36. The molecule has 51 heavy (non-hydrogen) atoms. The molecular formula is C49H35NS. The first-order valence-electron chi connectivity index (χ1n) is 17.7. The van der Waals surface area contributed by atoms with Gasteiger partial charge in [0.1, 0.15) is 0 Å². The summed E-state index contributed by atoms with van der Waals surface area (Å²) in [6, 6.07) is 64.8. The molecule has 1 aliphatic carbocycles. The molecule has 0 saturated carbocycles. The van der Waals surface area contributed by atoms with Crippen LogP contribution in [-0.2, 0) is 5.41 Å². The zero-order valence-electron chi connectivity index (χ0n) is 28.6. The average Bonchev–Trinajstić information content (AvgIpc) is 3.67. The van der Waals surface area contributed by atoms with E-state index in [4.69, 9.17) is 0 Å². The Morgan fingerprint density at radius 1 is 0.431 bits per heavy atom. The Morgan fingerprint density at radius 2 is 1.06 bits per heavy atom. The molecule has 1 aliphatic rings. The van der Waals surface area contributed by atoms with E-state index in [-0.39, 0.29) is 5.41 Å². The van der Waals surface area contributed by atoms with Crippen molar-refractivity contribution in [1.82, 2.24) is 0 Å². The molecule has 0 saturated heterocycles. The molecule has 9 aromatic rings. The van der Waals surface area contributed by atoms with Crippen LogP contribution in [-0.4, -0.2) is 0 Å². The maximum atomic E-state index is 2.45. The van der Waals surface area contributed by atoms with Crippen LogP contribution in [0.5, 0.6) is 0 Å². The Balaban J connectivity index is 1.11. The smallest absolute Gasteiger partial charge is 0.0540 e. The summed E-state index contributed by atoms with van der Waals surface area (Å²) in [6.45, 7) is 4.75. The van der Waals surface area contributed by atoms with Crippen LogP contribution < -0.4 is 4.90 Å². The highest BCUT2D eigenvalue weighted by molar-refractivity contribution is 7.26. The fourth-order valence-corrected chi connectivity index (χ4v) is 9.51. The van der Waals surface area contributed by atoms with Crippen LogP contribution >= 0.6 is 11.3 Å². The second-order valence-electron chi connectivity index (χ2n) is 14.1. The van der Waals surface area contributed by atoms with Gasteiger partial charge in [-0.1, -0.05) is 147 Å². The van der Waals surface area contributed by atoms with E-state index >= 15 is 0 Å². The molecule has 0 aliphatic heterocycles. The summed E-state index contributed by atoms with van der Waals surface area (Å²) in [7, 11) is 0. The topological polar surface area (TPSA) is 3.24 Å². The standard InChI is InChI=1S/C49H35NS/c1-49(2)44-30-35(32-12-4-3-5-13-32)24-28-40(44)41-29-27-37(31-45(41)49)50(46-20-10-15-33-14-6-7-16-38(33)46)36-25-22-34(23-26-36)39-18-11-19-43-42-17-8-9-21-47(42)51-48(39)43/h3-31H,1-2H3. The third-order valence-corrected chi connectivity index (χ3v) is 12.1. The molecule has 1 aromatic heterocycles. The lowest BCUT2D eigenvalue weighted by atomic mass is 9.81. The lowest BCUT2D eigenvalue weighted by Gasteiger charge is -2.29. The van der Waals surface area contributed by atoms with Crippen LogP contribution in [0, 0.1) is 0 Å². The van der Waals surface area contributed by atoms with Gasteiger partial charge in [-0.05, 0) is 92.4 Å². The summed E-state index contributed by atoms with van der Waals surface area (Å²) in [4.78, 5) is 2.45.